The molecule has 0 amide bonds. The van der Waals surface area contributed by atoms with Gasteiger partial charge in [0, 0.05) is 30.4 Å². The third kappa shape index (κ3) is 4.26. The Morgan fingerprint density at radius 2 is 1.59 bits per heavy atom. The van der Waals surface area contributed by atoms with E-state index in [1.807, 2.05) is 26.0 Å². The van der Waals surface area contributed by atoms with Crippen LogP contribution in [0, 0.1) is 41.7 Å². The number of nitro benzene ring substituents is 3. The summed E-state index contributed by atoms with van der Waals surface area (Å²) in [5.74, 6) is 0.239. The molecule has 0 aliphatic carbocycles. The smallest absolute Gasteiger partial charge is 0.291 e. The van der Waals surface area contributed by atoms with Crippen molar-refractivity contribution in [2.24, 2.45) is 0 Å². The Labute approximate surface area is 193 Å². The summed E-state index contributed by atoms with van der Waals surface area (Å²) >= 11 is 0. The minimum atomic E-state index is -1.00. The molecule has 3 rings (SSSR count). The third-order valence-corrected chi connectivity index (χ3v) is 5.38. The van der Waals surface area contributed by atoms with Crippen LogP contribution in [0.15, 0.2) is 42.2 Å². The van der Waals surface area contributed by atoms with Crippen molar-refractivity contribution in [2.75, 3.05) is 18.0 Å². The average molecular weight is 465 g/mol. The fourth-order valence-corrected chi connectivity index (χ4v) is 3.73. The van der Waals surface area contributed by atoms with Crippen LogP contribution >= 0.6 is 0 Å². The van der Waals surface area contributed by atoms with Gasteiger partial charge in [0.2, 0.25) is 0 Å². The highest BCUT2D eigenvalue weighted by Gasteiger charge is 2.35. The number of anilines is 1. The van der Waals surface area contributed by atoms with Crippen LogP contribution in [0.2, 0.25) is 0 Å². The van der Waals surface area contributed by atoms with Gasteiger partial charge in [0.25, 0.3) is 17.1 Å². The van der Waals surface area contributed by atoms with Crippen LogP contribution in [0.4, 0.5) is 22.7 Å². The van der Waals surface area contributed by atoms with E-state index in [1.54, 1.807) is 19.1 Å². The topological polar surface area (TPSA) is 166 Å². The molecule has 1 heterocycles. The number of nitrogens with zero attached hydrogens (tertiary/aromatic N) is 5. The lowest BCUT2D eigenvalue weighted by Crippen LogP contribution is -2.22. The summed E-state index contributed by atoms with van der Waals surface area (Å²) in [5, 5.41) is 44.4. The number of ether oxygens (including phenoxy) is 1. The maximum atomic E-state index is 11.7. The highest BCUT2D eigenvalue weighted by Crippen LogP contribution is 2.43. The van der Waals surface area contributed by atoms with E-state index in [4.69, 9.17) is 4.74 Å². The number of nitro groups is 3. The zero-order valence-electron chi connectivity index (χ0n) is 18.5. The largest absolute Gasteiger partial charge is 0.455 e. The van der Waals surface area contributed by atoms with Crippen molar-refractivity contribution in [1.82, 2.24) is 0 Å². The quantitative estimate of drug-likeness (QED) is 0.311. The molecule has 12 nitrogen and oxygen atoms in total. The molecule has 0 saturated heterocycles. The Balaban J connectivity index is 2.30. The van der Waals surface area contributed by atoms with E-state index in [2.05, 4.69) is 4.90 Å². The molecule has 0 N–H and O–H groups in total. The summed E-state index contributed by atoms with van der Waals surface area (Å²) < 4.78 is 5.91. The van der Waals surface area contributed by atoms with E-state index in [9.17, 15) is 35.6 Å². The summed E-state index contributed by atoms with van der Waals surface area (Å²) in [7, 11) is 0. The molecule has 34 heavy (non-hydrogen) atoms. The van der Waals surface area contributed by atoms with Crippen molar-refractivity contribution in [3.8, 4) is 11.8 Å². The minimum Gasteiger partial charge on any atom is -0.455 e. The zero-order chi connectivity index (χ0) is 25.2. The number of fused-ring (bicyclic) bond motifs is 1. The predicted octanol–water partition coefficient (Wildman–Crippen LogP) is 4.99. The second-order valence-corrected chi connectivity index (χ2v) is 7.26. The van der Waals surface area contributed by atoms with Gasteiger partial charge in [-0.05, 0) is 44.6 Å². The Hall–Kier alpha value is -4.79. The maximum Gasteiger partial charge on any atom is 0.291 e. The van der Waals surface area contributed by atoms with Crippen molar-refractivity contribution < 1.29 is 19.5 Å². The Morgan fingerprint density at radius 3 is 2.06 bits per heavy atom. The van der Waals surface area contributed by atoms with E-state index in [-0.39, 0.29) is 5.76 Å². The van der Waals surface area contributed by atoms with Crippen LogP contribution in [0.1, 0.15) is 31.9 Å². The second kappa shape index (κ2) is 9.37. The minimum absolute atomic E-state index is 0.135. The number of nitriles is 1. The number of hydrogen-bond donors (Lipinski definition) is 0. The number of hydrogen-bond acceptors (Lipinski definition) is 9. The molecule has 1 aliphatic heterocycles. The summed E-state index contributed by atoms with van der Waals surface area (Å²) in [5.41, 5.74) is -1.62. The predicted molar refractivity (Wildman–Crippen MR) is 123 cm³/mol. The molecule has 0 atom stereocenters. The summed E-state index contributed by atoms with van der Waals surface area (Å²) in [6.45, 7) is 7.18. The van der Waals surface area contributed by atoms with E-state index >= 15 is 0 Å². The van der Waals surface area contributed by atoms with E-state index < -0.39 is 43.0 Å². The number of non-ortho nitro benzene ring substituents is 1. The van der Waals surface area contributed by atoms with Crippen molar-refractivity contribution in [3.63, 3.8) is 0 Å². The van der Waals surface area contributed by atoms with Gasteiger partial charge in [-0.2, -0.15) is 5.26 Å². The van der Waals surface area contributed by atoms with E-state index in [0.29, 0.717) is 23.5 Å². The fraction of sp³-hybridized carbons (Fsp3) is 0.227. The van der Waals surface area contributed by atoms with Crippen molar-refractivity contribution in [3.05, 3.63) is 83.6 Å². The van der Waals surface area contributed by atoms with Crippen molar-refractivity contribution in [1.29, 1.82) is 5.26 Å². The van der Waals surface area contributed by atoms with Crippen molar-refractivity contribution >= 4 is 33.9 Å². The molecule has 174 valence electrons. The molecular weight excluding hydrogens is 446 g/mol. The highest BCUT2D eigenvalue weighted by atomic mass is 16.6. The van der Waals surface area contributed by atoms with Gasteiger partial charge in [-0.3, -0.25) is 30.3 Å². The van der Waals surface area contributed by atoms with Gasteiger partial charge in [-0.1, -0.05) is 0 Å². The highest BCUT2D eigenvalue weighted by molar-refractivity contribution is 5.92. The van der Waals surface area contributed by atoms with Crippen LogP contribution < -0.4 is 9.64 Å². The zero-order valence-corrected chi connectivity index (χ0v) is 18.5. The van der Waals surface area contributed by atoms with Gasteiger partial charge in [-0.15, -0.1) is 0 Å². The van der Waals surface area contributed by atoms with Crippen LogP contribution in [0.3, 0.4) is 0 Å². The van der Waals surface area contributed by atoms with Gasteiger partial charge < -0.3 is 9.64 Å². The van der Waals surface area contributed by atoms with Gasteiger partial charge in [-0.25, -0.2) is 0 Å². The summed E-state index contributed by atoms with van der Waals surface area (Å²) in [4.78, 5) is 33.6. The van der Waals surface area contributed by atoms with Gasteiger partial charge in [0.1, 0.15) is 23.2 Å². The Bertz CT molecular complexity index is 1280. The molecule has 2 aromatic rings. The van der Waals surface area contributed by atoms with E-state index in [1.165, 1.54) is 6.08 Å². The SMILES string of the molecule is CCN(CC)c1ccc2c(c1)O/C(=C(\C#N)c1c([N+](=O)[O-])cc([N+](=O)[O-])cc1[N+](=O)[O-])C=C2C. The number of allylic oxidation sites excluding steroid dienone is 3. The monoisotopic (exact) mass is 465 g/mol. The Kier molecular flexibility index (Phi) is 6.58. The summed E-state index contributed by atoms with van der Waals surface area (Å²) in [6.07, 6.45) is 1.45. The Morgan fingerprint density at radius 1 is 1.00 bits per heavy atom. The molecule has 0 saturated carbocycles. The van der Waals surface area contributed by atoms with Gasteiger partial charge in [0.15, 0.2) is 5.56 Å². The first-order chi connectivity index (χ1) is 16.1. The van der Waals surface area contributed by atoms with E-state index in [0.717, 1.165) is 24.3 Å². The first kappa shape index (κ1) is 23.9. The van der Waals surface area contributed by atoms with Crippen LogP contribution in [-0.2, 0) is 0 Å². The number of rotatable bonds is 7. The van der Waals surface area contributed by atoms with Crippen molar-refractivity contribution in [2.45, 2.75) is 20.8 Å². The molecule has 0 fully saturated rings. The lowest BCUT2D eigenvalue weighted by molar-refractivity contribution is -0.403. The lowest BCUT2D eigenvalue weighted by Gasteiger charge is -2.25. The first-order valence-electron chi connectivity index (χ1n) is 10.1. The molecular formula is C22H19N5O7. The molecule has 1 aliphatic rings. The third-order valence-electron chi connectivity index (χ3n) is 5.38. The van der Waals surface area contributed by atoms with Gasteiger partial charge in [0.05, 0.1) is 26.9 Å². The summed E-state index contributed by atoms with van der Waals surface area (Å²) in [6, 6.07) is 8.45. The average Bonchev–Trinajstić information content (AvgIpc) is 2.79. The maximum absolute atomic E-state index is 11.7. The van der Waals surface area contributed by atoms with Crippen LogP contribution in [0.25, 0.3) is 11.1 Å². The van der Waals surface area contributed by atoms with Gasteiger partial charge >= 0.3 is 0 Å². The molecule has 0 bridgehead atoms. The fourth-order valence-electron chi connectivity index (χ4n) is 3.73. The molecule has 0 aromatic heterocycles. The second-order valence-electron chi connectivity index (χ2n) is 7.26. The first-order valence-corrected chi connectivity index (χ1v) is 10.1. The normalized spacial score (nSPS) is 13.6. The molecule has 2 aromatic carbocycles. The molecule has 0 radical (unpaired) electrons. The number of benzene rings is 2. The standard InChI is InChI=1S/C22H19N5O7/c1-4-24(5-2)14-6-7-16-13(3)8-20(34-21(16)11-14)17(12-23)22-18(26(30)31)9-15(25(28)29)10-19(22)27(32)33/h6-11H,4-5H2,1-3H3/b20-17+. The molecule has 0 spiro atoms. The lowest BCUT2D eigenvalue weighted by atomic mass is 9.96. The van der Waals surface area contributed by atoms with Crippen LogP contribution in [0.5, 0.6) is 5.75 Å². The molecule has 12 heteroatoms. The van der Waals surface area contributed by atoms with Crippen LogP contribution in [-0.4, -0.2) is 27.9 Å². The molecule has 0 unspecified atom stereocenters.